The number of amides is 2. The maximum Gasteiger partial charge on any atom is 0.275 e. The lowest BCUT2D eigenvalue weighted by Gasteiger charge is -1.97. The Labute approximate surface area is 82.3 Å². The summed E-state index contributed by atoms with van der Waals surface area (Å²) in [5.41, 5.74) is -0.582. The van der Waals surface area contributed by atoms with Gasteiger partial charge in [-0.1, -0.05) is 0 Å². The van der Waals surface area contributed by atoms with Gasteiger partial charge in [0, 0.05) is 0 Å². The first kappa shape index (κ1) is 9.27. The highest BCUT2D eigenvalue weighted by molar-refractivity contribution is 6.22. The van der Waals surface area contributed by atoms with Crippen LogP contribution in [0.1, 0.15) is 20.7 Å². The van der Waals surface area contributed by atoms with E-state index < -0.39 is 23.4 Å². The van der Waals surface area contributed by atoms with Gasteiger partial charge in [-0.2, -0.15) is 10.2 Å². The molecule has 4 nitrogen and oxygen atoms in total. The van der Waals surface area contributed by atoms with E-state index in [1.54, 1.807) is 0 Å². The molecule has 0 aliphatic carbocycles. The third kappa shape index (κ3) is 1.10. The van der Waals surface area contributed by atoms with Gasteiger partial charge in [-0.3, -0.25) is 9.59 Å². The molecule has 74 valence electrons. The molecule has 1 aliphatic heterocycles. The van der Waals surface area contributed by atoms with Crippen molar-refractivity contribution >= 4 is 11.8 Å². The number of hydrogen-bond acceptors (Lipinski definition) is 3. The summed E-state index contributed by atoms with van der Waals surface area (Å²) in [5.74, 6) is -4.32. The summed E-state index contributed by atoms with van der Waals surface area (Å²) in [6.07, 6.45) is 1.34. The molecule has 1 aromatic rings. The number of imide groups is 1. The molecule has 0 fully saturated rings. The van der Waals surface area contributed by atoms with Gasteiger partial charge in [-0.15, -0.1) is 0 Å². The molecule has 0 atom stereocenters. The smallest absolute Gasteiger partial charge is 0.267 e. The monoisotopic (exact) mass is 208 g/mol. The van der Waals surface area contributed by atoms with E-state index in [0.29, 0.717) is 12.1 Å². The first-order valence-electron chi connectivity index (χ1n) is 3.84. The molecular weight excluding hydrogens is 206 g/mol. The molecule has 0 spiro atoms. The molecule has 2 rings (SSSR count). The number of benzene rings is 1. The quantitative estimate of drug-likeness (QED) is 0.472. The van der Waals surface area contributed by atoms with Crippen LogP contribution in [0.25, 0.3) is 0 Å². The zero-order valence-corrected chi connectivity index (χ0v) is 7.12. The van der Waals surface area contributed by atoms with E-state index in [4.69, 9.17) is 5.26 Å². The average Bonchev–Trinajstić information content (AvgIpc) is 2.42. The third-order valence-electron chi connectivity index (χ3n) is 2.03. The molecule has 1 aromatic carbocycles. The summed E-state index contributed by atoms with van der Waals surface area (Å²) in [6.45, 7) is 0. The molecule has 0 saturated heterocycles. The number of nitrogens with zero attached hydrogens (tertiary/aromatic N) is 2. The molecule has 0 radical (unpaired) electrons. The number of hydrogen-bond donors (Lipinski definition) is 0. The molecule has 0 unspecified atom stereocenters. The maximum atomic E-state index is 12.8. The van der Waals surface area contributed by atoms with Gasteiger partial charge in [0.15, 0.2) is 17.8 Å². The molecule has 0 N–H and O–H groups in total. The first-order chi connectivity index (χ1) is 7.06. The van der Waals surface area contributed by atoms with Crippen molar-refractivity contribution in [2.24, 2.45) is 0 Å². The Morgan fingerprint density at radius 1 is 1.07 bits per heavy atom. The molecule has 2 amide bonds. The Hall–Kier alpha value is -2.29. The second-order valence-corrected chi connectivity index (χ2v) is 2.86. The SMILES string of the molecule is N#CN1C(=O)c2cc(F)c(F)cc2C1=O. The fourth-order valence-electron chi connectivity index (χ4n) is 1.32. The highest BCUT2D eigenvalue weighted by Gasteiger charge is 2.37. The zero-order valence-electron chi connectivity index (χ0n) is 7.12. The van der Waals surface area contributed by atoms with E-state index in [2.05, 4.69) is 0 Å². The Morgan fingerprint density at radius 3 is 1.80 bits per heavy atom. The lowest BCUT2D eigenvalue weighted by molar-refractivity contribution is 0.0732. The van der Waals surface area contributed by atoms with Crippen LogP contribution in [0.15, 0.2) is 12.1 Å². The topological polar surface area (TPSA) is 61.2 Å². The van der Waals surface area contributed by atoms with Crippen LogP contribution < -0.4 is 0 Å². The Morgan fingerprint density at radius 2 is 1.47 bits per heavy atom. The summed E-state index contributed by atoms with van der Waals surface area (Å²) in [6, 6.07) is 1.23. The van der Waals surface area contributed by atoms with Crippen molar-refractivity contribution in [2.75, 3.05) is 0 Å². The number of halogens is 2. The standard InChI is InChI=1S/C9H2F2N2O2/c10-6-1-4-5(2-7(6)11)9(15)13(3-12)8(4)14/h1-2H. The molecule has 0 bridgehead atoms. The molecular formula is C9H2F2N2O2. The normalized spacial score (nSPS) is 14.1. The number of fused-ring (bicyclic) bond motifs is 1. The van der Waals surface area contributed by atoms with Crippen molar-refractivity contribution in [3.05, 3.63) is 34.9 Å². The van der Waals surface area contributed by atoms with Crippen LogP contribution in [-0.4, -0.2) is 16.7 Å². The Bertz CT molecular complexity index is 493. The fourth-order valence-corrected chi connectivity index (χ4v) is 1.32. The van der Waals surface area contributed by atoms with Crippen LogP contribution in [-0.2, 0) is 0 Å². The third-order valence-corrected chi connectivity index (χ3v) is 2.03. The minimum atomic E-state index is -1.23. The Kier molecular flexibility index (Phi) is 1.76. The van der Waals surface area contributed by atoms with Crippen LogP contribution in [0, 0.1) is 23.1 Å². The van der Waals surface area contributed by atoms with E-state index in [0.717, 1.165) is 0 Å². The minimum Gasteiger partial charge on any atom is -0.267 e. The van der Waals surface area contributed by atoms with Crippen molar-refractivity contribution < 1.29 is 18.4 Å². The molecule has 6 heteroatoms. The fraction of sp³-hybridized carbons (Fsp3) is 0. The van der Waals surface area contributed by atoms with Gasteiger partial charge in [0.2, 0.25) is 0 Å². The lowest BCUT2D eigenvalue weighted by Crippen LogP contribution is -2.23. The van der Waals surface area contributed by atoms with E-state index in [1.807, 2.05) is 0 Å². The highest BCUT2D eigenvalue weighted by atomic mass is 19.2. The number of nitriles is 1. The summed E-state index contributed by atoms with van der Waals surface area (Å²) in [7, 11) is 0. The van der Waals surface area contributed by atoms with Crippen molar-refractivity contribution in [3.8, 4) is 6.19 Å². The van der Waals surface area contributed by atoms with Crippen molar-refractivity contribution in [1.29, 1.82) is 5.26 Å². The van der Waals surface area contributed by atoms with Crippen LogP contribution >= 0.6 is 0 Å². The molecule has 0 saturated carbocycles. The molecule has 0 aromatic heterocycles. The highest BCUT2D eigenvalue weighted by Crippen LogP contribution is 2.24. The predicted molar refractivity (Wildman–Crippen MR) is 42.5 cm³/mol. The van der Waals surface area contributed by atoms with E-state index >= 15 is 0 Å². The van der Waals surface area contributed by atoms with Crippen LogP contribution in [0.2, 0.25) is 0 Å². The Balaban J connectivity index is 2.69. The number of carbonyl (C=O) groups is 2. The number of rotatable bonds is 0. The van der Waals surface area contributed by atoms with E-state index in [-0.39, 0.29) is 16.0 Å². The van der Waals surface area contributed by atoms with Crippen molar-refractivity contribution in [2.45, 2.75) is 0 Å². The lowest BCUT2D eigenvalue weighted by atomic mass is 10.1. The van der Waals surface area contributed by atoms with Gasteiger partial charge in [0.05, 0.1) is 11.1 Å². The predicted octanol–water partition coefficient (Wildman–Crippen LogP) is 1.04. The minimum absolute atomic E-state index is 0.254. The van der Waals surface area contributed by atoms with E-state index in [1.165, 1.54) is 6.19 Å². The maximum absolute atomic E-state index is 12.8. The summed E-state index contributed by atoms with van der Waals surface area (Å²) in [4.78, 5) is 22.8. The molecule has 1 aliphatic rings. The number of carbonyl (C=O) groups excluding carboxylic acids is 2. The molecule has 1 heterocycles. The second-order valence-electron chi connectivity index (χ2n) is 2.86. The van der Waals surface area contributed by atoms with Gasteiger partial charge >= 0.3 is 0 Å². The van der Waals surface area contributed by atoms with Crippen molar-refractivity contribution in [3.63, 3.8) is 0 Å². The van der Waals surface area contributed by atoms with Gasteiger partial charge in [0.1, 0.15) is 0 Å². The molecule has 15 heavy (non-hydrogen) atoms. The van der Waals surface area contributed by atoms with Gasteiger partial charge < -0.3 is 0 Å². The van der Waals surface area contributed by atoms with Gasteiger partial charge in [-0.25, -0.2) is 8.78 Å². The van der Waals surface area contributed by atoms with Gasteiger partial charge in [-0.05, 0) is 12.1 Å². The summed E-state index contributed by atoms with van der Waals surface area (Å²) < 4.78 is 25.5. The zero-order chi connectivity index (χ0) is 11.2. The summed E-state index contributed by atoms with van der Waals surface area (Å²) in [5, 5.41) is 8.46. The van der Waals surface area contributed by atoms with Crippen LogP contribution in [0.5, 0.6) is 0 Å². The first-order valence-corrected chi connectivity index (χ1v) is 3.84. The van der Waals surface area contributed by atoms with Crippen LogP contribution in [0.4, 0.5) is 8.78 Å². The average molecular weight is 208 g/mol. The van der Waals surface area contributed by atoms with Gasteiger partial charge in [0.25, 0.3) is 11.8 Å². The second kappa shape index (κ2) is 2.85. The summed E-state index contributed by atoms with van der Waals surface area (Å²) >= 11 is 0. The van der Waals surface area contributed by atoms with Crippen molar-refractivity contribution in [1.82, 2.24) is 4.90 Å². The van der Waals surface area contributed by atoms with Crippen LogP contribution in [0.3, 0.4) is 0 Å². The largest absolute Gasteiger partial charge is 0.275 e. The van der Waals surface area contributed by atoms with E-state index in [9.17, 15) is 18.4 Å².